The van der Waals surface area contributed by atoms with E-state index in [1.807, 2.05) is 43.3 Å². The van der Waals surface area contributed by atoms with Gasteiger partial charge in [-0.05, 0) is 36.8 Å². The van der Waals surface area contributed by atoms with Crippen molar-refractivity contribution < 1.29 is 9.53 Å². The van der Waals surface area contributed by atoms with Crippen LogP contribution in [-0.4, -0.2) is 12.4 Å². The molecular weight excluding hydrogens is 328 g/mol. The summed E-state index contributed by atoms with van der Waals surface area (Å²) in [5, 5.41) is 0. The Morgan fingerprint density at radius 2 is 1.81 bits per heavy atom. The molecule has 21 heavy (non-hydrogen) atoms. The van der Waals surface area contributed by atoms with Crippen molar-refractivity contribution in [3.8, 4) is 5.75 Å². The molecule has 0 atom stereocenters. The lowest BCUT2D eigenvalue weighted by molar-refractivity contribution is 0.103. The van der Waals surface area contributed by atoms with E-state index in [-0.39, 0.29) is 11.2 Å². The van der Waals surface area contributed by atoms with Crippen LogP contribution in [0.2, 0.25) is 0 Å². The molecular formula is C18H17BrO2. The molecule has 0 fully saturated rings. The molecule has 0 spiro atoms. The minimum absolute atomic E-state index is 0.0422. The zero-order valence-corrected chi connectivity index (χ0v) is 14.0. The van der Waals surface area contributed by atoms with Gasteiger partial charge in [0.25, 0.3) is 0 Å². The summed E-state index contributed by atoms with van der Waals surface area (Å²) in [5.41, 5.74) is 3.60. The molecule has 0 aromatic heterocycles. The molecule has 2 aromatic rings. The van der Waals surface area contributed by atoms with E-state index in [1.165, 1.54) is 0 Å². The summed E-state index contributed by atoms with van der Waals surface area (Å²) < 4.78 is 6.63. The summed E-state index contributed by atoms with van der Waals surface area (Å²) in [6.45, 7) is 6.94. The number of hydrogen-bond donors (Lipinski definition) is 0. The number of fused-ring (bicyclic) bond motifs is 1. The number of benzene rings is 2. The van der Waals surface area contributed by atoms with Crippen LogP contribution < -0.4 is 4.74 Å². The lowest BCUT2D eigenvalue weighted by atomic mass is 9.85. The molecule has 3 heteroatoms. The van der Waals surface area contributed by atoms with Crippen molar-refractivity contribution in [1.29, 1.82) is 0 Å². The number of hydrogen-bond acceptors (Lipinski definition) is 2. The van der Waals surface area contributed by atoms with Crippen LogP contribution in [0.4, 0.5) is 0 Å². The molecule has 1 aliphatic heterocycles. The second-order valence-electron chi connectivity index (χ2n) is 6.18. The number of ketones is 1. The molecule has 3 rings (SSSR count). The minimum Gasteiger partial charge on any atom is -0.492 e. The van der Waals surface area contributed by atoms with Gasteiger partial charge < -0.3 is 4.74 Å². The maximum absolute atomic E-state index is 12.7. The smallest absolute Gasteiger partial charge is 0.193 e. The summed E-state index contributed by atoms with van der Waals surface area (Å²) in [7, 11) is 0. The Hall–Kier alpha value is -1.61. The standard InChI is InChI=1S/C18H17BrO2/c1-11-4-5-13(9-15(11)19)17(20)12-6-7-16-14(8-12)18(2,3)10-21-16/h4-9H,10H2,1-3H3. The van der Waals surface area contributed by atoms with Gasteiger partial charge in [0, 0.05) is 26.6 Å². The summed E-state index contributed by atoms with van der Waals surface area (Å²) in [6.07, 6.45) is 0. The first-order valence-electron chi connectivity index (χ1n) is 6.97. The molecule has 1 aliphatic rings. The van der Waals surface area contributed by atoms with E-state index >= 15 is 0 Å². The first kappa shape index (κ1) is 14.3. The number of rotatable bonds is 2. The van der Waals surface area contributed by atoms with Crippen molar-refractivity contribution in [3.63, 3.8) is 0 Å². The van der Waals surface area contributed by atoms with E-state index in [0.717, 1.165) is 21.3 Å². The van der Waals surface area contributed by atoms with Crippen LogP contribution in [0.15, 0.2) is 40.9 Å². The Bertz CT molecular complexity index is 732. The minimum atomic E-state index is -0.0422. The third-order valence-corrected chi connectivity index (χ3v) is 4.85. The molecule has 0 N–H and O–H groups in total. The zero-order chi connectivity index (χ0) is 15.2. The van der Waals surface area contributed by atoms with E-state index in [2.05, 4.69) is 29.8 Å². The van der Waals surface area contributed by atoms with Gasteiger partial charge in [0.1, 0.15) is 5.75 Å². The van der Waals surface area contributed by atoms with E-state index in [1.54, 1.807) is 0 Å². The molecule has 0 radical (unpaired) electrons. The summed E-state index contributed by atoms with van der Waals surface area (Å²) >= 11 is 3.48. The van der Waals surface area contributed by atoms with Gasteiger partial charge in [-0.3, -0.25) is 4.79 Å². The topological polar surface area (TPSA) is 26.3 Å². The molecule has 0 saturated carbocycles. The summed E-state index contributed by atoms with van der Waals surface area (Å²) in [4.78, 5) is 12.7. The Kier molecular flexibility index (Phi) is 3.40. The van der Waals surface area contributed by atoms with Gasteiger partial charge in [-0.1, -0.05) is 41.9 Å². The van der Waals surface area contributed by atoms with Crippen LogP contribution in [0, 0.1) is 6.92 Å². The summed E-state index contributed by atoms with van der Waals surface area (Å²) in [6, 6.07) is 11.4. The molecule has 2 aromatic carbocycles. The van der Waals surface area contributed by atoms with Crippen LogP contribution in [0.3, 0.4) is 0 Å². The van der Waals surface area contributed by atoms with Crippen molar-refractivity contribution >= 4 is 21.7 Å². The van der Waals surface area contributed by atoms with E-state index in [0.29, 0.717) is 17.7 Å². The first-order chi connectivity index (χ1) is 9.88. The first-order valence-corrected chi connectivity index (χ1v) is 7.76. The lowest BCUT2D eigenvalue weighted by Crippen LogP contribution is -2.18. The number of ether oxygens (including phenoxy) is 1. The Labute approximate surface area is 133 Å². The highest BCUT2D eigenvalue weighted by Crippen LogP contribution is 2.39. The van der Waals surface area contributed by atoms with Crippen molar-refractivity contribution in [2.24, 2.45) is 0 Å². The van der Waals surface area contributed by atoms with Gasteiger partial charge in [-0.2, -0.15) is 0 Å². The Morgan fingerprint density at radius 1 is 1.14 bits per heavy atom. The predicted molar refractivity (Wildman–Crippen MR) is 87.3 cm³/mol. The molecule has 1 heterocycles. The molecule has 0 saturated heterocycles. The SMILES string of the molecule is Cc1ccc(C(=O)c2ccc3c(c2)C(C)(C)CO3)cc1Br. The fraction of sp³-hybridized carbons (Fsp3) is 0.278. The van der Waals surface area contributed by atoms with E-state index in [4.69, 9.17) is 4.74 Å². The zero-order valence-electron chi connectivity index (χ0n) is 12.4. The van der Waals surface area contributed by atoms with Crippen LogP contribution in [-0.2, 0) is 5.41 Å². The van der Waals surface area contributed by atoms with Crippen molar-refractivity contribution in [3.05, 3.63) is 63.1 Å². The Morgan fingerprint density at radius 3 is 2.52 bits per heavy atom. The highest BCUT2D eigenvalue weighted by Gasteiger charge is 2.32. The monoisotopic (exact) mass is 344 g/mol. The fourth-order valence-corrected chi connectivity index (χ4v) is 2.94. The third-order valence-electron chi connectivity index (χ3n) is 3.99. The quantitative estimate of drug-likeness (QED) is 0.740. The maximum Gasteiger partial charge on any atom is 0.193 e. The Balaban J connectivity index is 2.01. The predicted octanol–water partition coefficient (Wildman–Crippen LogP) is 4.66. The van der Waals surface area contributed by atoms with Gasteiger partial charge in [0.15, 0.2) is 5.78 Å². The van der Waals surface area contributed by atoms with Gasteiger partial charge in [0.05, 0.1) is 6.61 Å². The molecule has 108 valence electrons. The van der Waals surface area contributed by atoms with Crippen LogP contribution in [0.25, 0.3) is 0 Å². The highest BCUT2D eigenvalue weighted by atomic mass is 79.9. The van der Waals surface area contributed by atoms with Gasteiger partial charge >= 0.3 is 0 Å². The second-order valence-corrected chi connectivity index (χ2v) is 7.03. The second kappa shape index (κ2) is 4.99. The molecule has 2 nitrogen and oxygen atoms in total. The average Bonchev–Trinajstić information content (AvgIpc) is 2.76. The maximum atomic E-state index is 12.7. The van der Waals surface area contributed by atoms with Crippen molar-refractivity contribution in [2.75, 3.05) is 6.61 Å². The van der Waals surface area contributed by atoms with Crippen LogP contribution in [0.1, 0.15) is 40.9 Å². The van der Waals surface area contributed by atoms with Crippen LogP contribution >= 0.6 is 15.9 Å². The number of aryl methyl sites for hydroxylation is 1. The lowest BCUT2D eigenvalue weighted by Gasteiger charge is -2.15. The van der Waals surface area contributed by atoms with Gasteiger partial charge in [0.2, 0.25) is 0 Å². The van der Waals surface area contributed by atoms with E-state index in [9.17, 15) is 4.79 Å². The van der Waals surface area contributed by atoms with Crippen LogP contribution in [0.5, 0.6) is 5.75 Å². The van der Waals surface area contributed by atoms with Crippen molar-refractivity contribution in [1.82, 2.24) is 0 Å². The largest absolute Gasteiger partial charge is 0.492 e. The highest BCUT2D eigenvalue weighted by molar-refractivity contribution is 9.10. The molecule has 0 amide bonds. The summed E-state index contributed by atoms with van der Waals surface area (Å²) in [5.74, 6) is 0.933. The molecule has 0 aliphatic carbocycles. The van der Waals surface area contributed by atoms with E-state index < -0.39 is 0 Å². The molecule has 0 unspecified atom stereocenters. The number of halogens is 1. The third kappa shape index (κ3) is 2.51. The normalized spacial score (nSPS) is 15.4. The number of carbonyl (C=O) groups is 1. The van der Waals surface area contributed by atoms with Gasteiger partial charge in [-0.15, -0.1) is 0 Å². The fourth-order valence-electron chi connectivity index (χ4n) is 2.56. The average molecular weight is 345 g/mol. The molecule has 0 bridgehead atoms. The van der Waals surface area contributed by atoms with Crippen molar-refractivity contribution in [2.45, 2.75) is 26.2 Å². The number of carbonyl (C=O) groups excluding carboxylic acids is 1. The van der Waals surface area contributed by atoms with Gasteiger partial charge in [-0.25, -0.2) is 0 Å².